The van der Waals surface area contributed by atoms with Crippen LogP contribution in [0, 0.1) is 22.7 Å². The van der Waals surface area contributed by atoms with Gasteiger partial charge in [0.15, 0.2) is 0 Å². The Hall–Kier alpha value is -1.98. The molecule has 0 spiro atoms. The fraction of sp³-hybridized carbons (Fsp3) is 0.619. The summed E-state index contributed by atoms with van der Waals surface area (Å²) in [4.78, 5) is 12.1. The Bertz CT molecular complexity index is 663. The van der Waals surface area contributed by atoms with E-state index in [0.29, 0.717) is 24.6 Å². The molecule has 5 N–H and O–H groups in total. The molecule has 0 aromatic heterocycles. The SMILES string of the molecule is CC(C)(CO)C(O)C(=O)NCCNC(c1ccc(C#N)cc1)C1CCNCC1. The van der Waals surface area contributed by atoms with Crippen molar-refractivity contribution in [3.05, 3.63) is 35.4 Å². The maximum Gasteiger partial charge on any atom is 0.249 e. The fourth-order valence-corrected chi connectivity index (χ4v) is 3.45. The normalized spacial score (nSPS) is 17.5. The summed E-state index contributed by atoms with van der Waals surface area (Å²) in [6.07, 6.45) is 0.872. The second-order valence-corrected chi connectivity index (χ2v) is 8.09. The number of aliphatic hydroxyl groups excluding tert-OH is 2. The zero-order valence-corrected chi connectivity index (χ0v) is 16.7. The summed E-state index contributed by atoms with van der Waals surface area (Å²) < 4.78 is 0. The Balaban J connectivity index is 1.93. The molecule has 1 aliphatic rings. The lowest BCUT2D eigenvalue weighted by Crippen LogP contribution is -2.47. The number of benzene rings is 1. The van der Waals surface area contributed by atoms with Crippen LogP contribution in [-0.2, 0) is 4.79 Å². The van der Waals surface area contributed by atoms with E-state index >= 15 is 0 Å². The summed E-state index contributed by atoms with van der Waals surface area (Å²) in [5.41, 5.74) is 0.900. The number of aliphatic hydroxyl groups is 2. The molecule has 28 heavy (non-hydrogen) atoms. The minimum Gasteiger partial charge on any atom is -0.396 e. The van der Waals surface area contributed by atoms with E-state index in [1.807, 2.05) is 24.3 Å². The molecule has 2 unspecified atom stereocenters. The topological polar surface area (TPSA) is 117 Å². The molecule has 0 saturated carbocycles. The first-order chi connectivity index (χ1) is 13.4. The van der Waals surface area contributed by atoms with E-state index in [-0.39, 0.29) is 12.6 Å². The highest BCUT2D eigenvalue weighted by atomic mass is 16.3. The molecular formula is C21H32N4O3. The third-order valence-electron chi connectivity index (χ3n) is 5.44. The summed E-state index contributed by atoms with van der Waals surface area (Å²) in [6, 6.07) is 9.94. The molecule has 1 saturated heterocycles. The minimum absolute atomic E-state index is 0.144. The van der Waals surface area contributed by atoms with Crippen molar-refractivity contribution in [3.8, 4) is 6.07 Å². The van der Waals surface area contributed by atoms with Crippen LogP contribution in [0.15, 0.2) is 24.3 Å². The van der Waals surface area contributed by atoms with Crippen LogP contribution in [0.4, 0.5) is 0 Å². The van der Waals surface area contributed by atoms with E-state index in [4.69, 9.17) is 5.26 Å². The van der Waals surface area contributed by atoms with Crippen LogP contribution in [0.5, 0.6) is 0 Å². The van der Waals surface area contributed by atoms with E-state index in [1.165, 1.54) is 0 Å². The van der Waals surface area contributed by atoms with Crippen molar-refractivity contribution in [1.29, 1.82) is 5.26 Å². The quantitative estimate of drug-likeness (QED) is 0.397. The van der Waals surface area contributed by atoms with Gasteiger partial charge in [-0.2, -0.15) is 5.26 Å². The van der Waals surface area contributed by atoms with Gasteiger partial charge < -0.3 is 26.2 Å². The summed E-state index contributed by atoms with van der Waals surface area (Å²) in [7, 11) is 0. The molecule has 2 atom stereocenters. The van der Waals surface area contributed by atoms with Crippen molar-refractivity contribution < 1.29 is 15.0 Å². The molecule has 1 amide bonds. The smallest absolute Gasteiger partial charge is 0.249 e. The molecule has 0 radical (unpaired) electrons. The number of amides is 1. The molecule has 7 nitrogen and oxygen atoms in total. The highest BCUT2D eigenvalue weighted by Crippen LogP contribution is 2.29. The maximum absolute atomic E-state index is 12.1. The number of hydrogen-bond donors (Lipinski definition) is 5. The Morgan fingerprint density at radius 2 is 1.93 bits per heavy atom. The number of hydrogen-bond acceptors (Lipinski definition) is 6. The van der Waals surface area contributed by atoms with Gasteiger partial charge in [-0.3, -0.25) is 4.79 Å². The monoisotopic (exact) mass is 388 g/mol. The molecule has 1 aromatic carbocycles. The van der Waals surface area contributed by atoms with Gasteiger partial charge in [-0.15, -0.1) is 0 Å². The second kappa shape index (κ2) is 10.5. The van der Waals surface area contributed by atoms with Crippen LogP contribution < -0.4 is 16.0 Å². The van der Waals surface area contributed by atoms with E-state index in [2.05, 4.69) is 22.0 Å². The first-order valence-corrected chi connectivity index (χ1v) is 9.90. The van der Waals surface area contributed by atoms with Gasteiger partial charge in [-0.25, -0.2) is 0 Å². The predicted molar refractivity (Wildman–Crippen MR) is 107 cm³/mol. The lowest BCUT2D eigenvalue weighted by molar-refractivity contribution is -0.137. The van der Waals surface area contributed by atoms with Crippen molar-refractivity contribution in [2.75, 3.05) is 32.8 Å². The maximum atomic E-state index is 12.1. The van der Waals surface area contributed by atoms with Gasteiger partial charge in [0.05, 0.1) is 18.2 Å². The van der Waals surface area contributed by atoms with Crippen molar-refractivity contribution >= 4 is 5.91 Å². The third kappa shape index (κ3) is 6.01. The summed E-state index contributed by atoms with van der Waals surface area (Å²) in [6.45, 7) is 5.94. The van der Waals surface area contributed by atoms with E-state index in [1.54, 1.807) is 13.8 Å². The van der Waals surface area contributed by atoms with Crippen molar-refractivity contribution in [2.24, 2.45) is 11.3 Å². The standard InChI is InChI=1S/C21H32N4O3/c1-21(2,14-26)19(27)20(28)25-12-11-24-18(17-7-9-23-10-8-17)16-5-3-15(13-22)4-6-16/h3-6,17-19,23-24,26-27H,7-12,14H2,1-2H3,(H,25,28). The number of rotatable bonds is 9. The van der Waals surface area contributed by atoms with Crippen LogP contribution >= 0.6 is 0 Å². The van der Waals surface area contributed by atoms with Crippen molar-refractivity contribution in [1.82, 2.24) is 16.0 Å². The number of piperidine rings is 1. The van der Waals surface area contributed by atoms with Gasteiger partial charge in [0, 0.05) is 24.5 Å². The Morgan fingerprint density at radius 3 is 2.50 bits per heavy atom. The summed E-state index contributed by atoms with van der Waals surface area (Å²) in [5.74, 6) is 0.00133. The number of carbonyl (C=O) groups is 1. The number of nitrogens with zero attached hydrogens (tertiary/aromatic N) is 1. The molecule has 154 valence electrons. The van der Waals surface area contributed by atoms with Crippen LogP contribution in [0.3, 0.4) is 0 Å². The molecule has 2 rings (SSSR count). The Morgan fingerprint density at radius 1 is 1.29 bits per heavy atom. The largest absolute Gasteiger partial charge is 0.396 e. The van der Waals surface area contributed by atoms with Crippen molar-refractivity contribution in [3.63, 3.8) is 0 Å². The molecule has 1 heterocycles. The van der Waals surface area contributed by atoms with Crippen LogP contribution in [0.25, 0.3) is 0 Å². The van der Waals surface area contributed by atoms with Gasteiger partial charge in [0.2, 0.25) is 5.91 Å². The number of nitrogens with one attached hydrogen (secondary N) is 3. The van der Waals surface area contributed by atoms with Gasteiger partial charge in [0.25, 0.3) is 0 Å². The highest BCUT2D eigenvalue weighted by Gasteiger charge is 2.32. The first kappa shape index (κ1) is 22.3. The highest BCUT2D eigenvalue weighted by molar-refractivity contribution is 5.81. The van der Waals surface area contributed by atoms with E-state index in [9.17, 15) is 15.0 Å². The molecule has 7 heteroatoms. The average molecular weight is 389 g/mol. The van der Waals surface area contributed by atoms with Gasteiger partial charge in [0.1, 0.15) is 6.10 Å². The molecule has 1 aliphatic heterocycles. The molecule has 0 bridgehead atoms. The Kier molecular flexibility index (Phi) is 8.39. The second-order valence-electron chi connectivity index (χ2n) is 8.09. The predicted octanol–water partition coefficient (Wildman–Crippen LogP) is 0.684. The molecule has 0 aliphatic carbocycles. The Labute approximate surface area is 167 Å². The van der Waals surface area contributed by atoms with Crippen LogP contribution in [0.2, 0.25) is 0 Å². The molecular weight excluding hydrogens is 356 g/mol. The first-order valence-electron chi connectivity index (χ1n) is 9.90. The summed E-state index contributed by atoms with van der Waals surface area (Å²) >= 11 is 0. The zero-order valence-electron chi connectivity index (χ0n) is 16.7. The zero-order chi connectivity index (χ0) is 20.6. The van der Waals surface area contributed by atoms with Crippen LogP contribution in [-0.4, -0.2) is 55.0 Å². The van der Waals surface area contributed by atoms with Gasteiger partial charge in [-0.05, 0) is 49.5 Å². The fourth-order valence-electron chi connectivity index (χ4n) is 3.45. The lowest BCUT2D eigenvalue weighted by atomic mass is 9.85. The van der Waals surface area contributed by atoms with E-state index < -0.39 is 17.4 Å². The lowest BCUT2D eigenvalue weighted by Gasteiger charge is -2.32. The van der Waals surface area contributed by atoms with Gasteiger partial charge in [-0.1, -0.05) is 26.0 Å². The number of nitriles is 1. The molecule has 1 fully saturated rings. The number of carbonyl (C=O) groups excluding carboxylic acids is 1. The van der Waals surface area contributed by atoms with Gasteiger partial charge >= 0.3 is 0 Å². The van der Waals surface area contributed by atoms with Crippen molar-refractivity contribution in [2.45, 2.75) is 38.8 Å². The minimum atomic E-state index is -1.25. The average Bonchev–Trinajstić information content (AvgIpc) is 2.73. The molecule has 1 aromatic rings. The van der Waals surface area contributed by atoms with E-state index in [0.717, 1.165) is 31.5 Å². The van der Waals surface area contributed by atoms with Crippen LogP contribution in [0.1, 0.15) is 43.9 Å². The third-order valence-corrected chi connectivity index (χ3v) is 5.44. The summed E-state index contributed by atoms with van der Waals surface area (Å²) in [5, 5.41) is 38.0.